The summed E-state index contributed by atoms with van der Waals surface area (Å²) in [5.41, 5.74) is 1.89. The van der Waals surface area contributed by atoms with Crippen molar-refractivity contribution in [1.29, 1.82) is 0 Å². The van der Waals surface area contributed by atoms with Crippen LogP contribution in [0.15, 0.2) is 36.4 Å². The molecule has 164 valence electrons. The van der Waals surface area contributed by atoms with Crippen molar-refractivity contribution in [2.75, 3.05) is 38.4 Å². The fraction of sp³-hybridized carbons (Fsp3) is 0.409. The fourth-order valence-electron chi connectivity index (χ4n) is 3.83. The predicted molar refractivity (Wildman–Crippen MR) is 114 cm³/mol. The van der Waals surface area contributed by atoms with Gasteiger partial charge in [0.2, 0.25) is 12.7 Å². The Bertz CT molecular complexity index is 970. The van der Waals surface area contributed by atoms with Gasteiger partial charge in [0.15, 0.2) is 11.5 Å². The molecule has 2 aromatic carbocycles. The summed E-state index contributed by atoms with van der Waals surface area (Å²) in [6.45, 7) is 6.05. The first-order chi connectivity index (χ1) is 14.9. The molecule has 1 N–H and O–H groups in total. The summed E-state index contributed by atoms with van der Waals surface area (Å²) >= 11 is 0. The number of carbonyl (C=O) groups is 1. The molecule has 1 amide bonds. The van der Waals surface area contributed by atoms with E-state index in [0.29, 0.717) is 49.4 Å². The van der Waals surface area contributed by atoms with Gasteiger partial charge in [-0.1, -0.05) is 26.0 Å². The van der Waals surface area contributed by atoms with Crippen LogP contribution in [0.2, 0.25) is 0 Å². The summed E-state index contributed by atoms with van der Waals surface area (Å²) in [6, 6.07) is 9.62. The van der Waals surface area contributed by atoms with E-state index < -0.39 is 11.0 Å². The summed E-state index contributed by atoms with van der Waals surface area (Å²) < 4.78 is 16.1. The first kappa shape index (κ1) is 21.1. The molecule has 2 aliphatic heterocycles. The second-order valence-electron chi connectivity index (χ2n) is 7.84. The zero-order chi connectivity index (χ0) is 22.0. The Labute approximate surface area is 180 Å². The molecule has 0 unspecified atom stereocenters. The monoisotopic (exact) mass is 427 g/mol. The van der Waals surface area contributed by atoms with Crippen molar-refractivity contribution in [3.8, 4) is 11.5 Å². The number of ether oxygens (including phenoxy) is 3. The Morgan fingerprint density at radius 1 is 1.10 bits per heavy atom. The SMILES string of the molecule is CC(C)c1ccc(NC(=O)[C@@H](c2cc3c(cc2[N+](=O)[O-])OCO3)N2CCOCC2)cc1. The van der Waals surface area contributed by atoms with Crippen LogP contribution in [0.1, 0.15) is 36.9 Å². The third-order valence-corrected chi connectivity index (χ3v) is 5.52. The number of morpholine rings is 1. The van der Waals surface area contributed by atoms with Crippen LogP contribution in [0.25, 0.3) is 0 Å². The van der Waals surface area contributed by atoms with Crippen molar-refractivity contribution in [3.05, 3.63) is 57.6 Å². The number of carbonyl (C=O) groups excluding carboxylic acids is 1. The van der Waals surface area contributed by atoms with Crippen molar-refractivity contribution < 1.29 is 23.9 Å². The lowest BCUT2D eigenvalue weighted by atomic mass is 10.00. The average molecular weight is 427 g/mol. The Hall–Kier alpha value is -3.17. The largest absolute Gasteiger partial charge is 0.454 e. The number of nitro groups is 1. The van der Waals surface area contributed by atoms with Crippen molar-refractivity contribution in [2.45, 2.75) is 25.8 Å². The highest BCUT2D eigenvalue weighted by Crippen LogP contribution is 2.42. The maximum atomic E-state index is 13.4. The maximum absolute atomic E-state index is 13.4. The Balaban J connectivity index is 1.69. The minimum Gasteiger partial charge on any atom is -0.454 e. The van der Waals surface area contributed by atoms with E-state index in [4.69, 9.17) is 14.2 Å². The normalized spacial score (nSPS) is 16.9. The molecule has 2 aromatic rings. The molecule has 0 aliphatic carbocycles. The Morgan fingerprint density at radius 2 is 1.74 bits per heavy atom. The zero-order valence-corrected chi connectivity index (χ0v) is 17.5. The Morgan fingerprint density at radius 3 is 2.35 bits per heavy atom. The molecule has 9 nitrogen and oxygen atoms in total. The van der Waals surface area contributed by atoms with Crippen LogP contribution in [0, 0.1) is 10.1 Å². The van der Waals surface area contributed by atoms with Gasteiger partial charge in [0.25, 0.3) is 5.69 Å². The van der Waals surface area contributed by atoms with Gasteiger partial charge in [-0.25, -0.2) is 0 Å². The lowest BCUT2D eigenvalue weighted by Crippen LogP contribution is -2.44. The lowest BCUT2D eigenvalue weighted by molar-refractivity contribution is -0.386. The minimum absolute atomic E-state index is 0.00738. The fourth-order valence-corrected chi connectivity index (χ4v) is 3.83. The van der Waals surface area contributed by atoms with Crippen LogP contribution in [-0.4, -0.2) is 48.8 Å². The van der Waals surface area contributed by atoms with Crippen LogP contribution >= 0.6 is 0 Å². The molecule has 1 fully saturated rings. The van der Waals surface area contributed by atoms with Crippen molar-refractivity contribution in [1.82, 2.24) is 4.90 Å². The Kier molecular flexibility index (Phi) is 6.06. The maximum Gasteiger partial charge on any atom is 0.278 e. The molecule has 9 heteroatoms. The standard InChI is InChI=1S/C22H25N3O6/c1-14(2)15-3-5-16(6-4-15)23-22(26)21(24-7-9-29-10-8-24)17-11-19-20(31-13-30-19)12-18(17)25(27)28/h3-6,11-12,14,21H,7-10,13H2,1-2H3,(H,23,26)/t21-/m1/s1. The minimum atomic E-state index is -0.872. The number of amides is 1. The number of nitrogens with one attached hydrogen (secondary N) is 1. The number of rotatable bonds is 6. The van der Waals surface area contributed by atoms with Crippen LogP contribution < -0.4 is 14.8 Å². The van der Waals surface area contributed by atoms with Crippen LogP contribution in [0.4, 0.5) is 11.4 Å². The van der Waals surface area contributed by atoms with Gasteiger partial charge in [0.05, 0.1) is 29.8 Å². The number of fused-ring (bicyclic) bond motifs is 1. The molecule has 31 heavy (non-hydrogen) atoms. The lowest BCUT2D eigenvalue weighted by Gasteiger charge is -2.33. The highest BCUT2D eigenvalue weighted by molar-refractivity contribution is 5.96. The molecule has 0 aromatic heterocycles. The summed E-state index contributed by atoms with van der Waals surface area (Å²) in [5.74, 6) is 0.733. The van der Waals surface area contributed by atoms with Gasteiger partial charge in [-0.3, -0.25) is 19.8 Å². The van der Waals surface area contributed by atoms with Gasteiger partial charge in [0.1, 0.15) is 6.04 Å². The number of nitrogens with zero attached hydrogens (tertiary/aromatic N) is 2. The van der Waals surface area contributed by atoms with E-state index in [1.54, 1.807) is 6.07 Å². The molecule has 2 heterocycles. The van der Waals surface area contributed by atoms with Crippen LogP contribution in [0.3, 0.4) is 0 Å². The third-order valence-electron chi connectivity index (χ3n) is 5.52. The van der Waals surface area contributed by atoms with Gasteiger partial charge in [-0.05, 0) is 29.7 Å². The molecule has 0 radical (unpaired) electrons. The number of hydrogen-bond donors (Lipinski definition) is 1. The van der Waals surface area contributed by atoms with Crippen LogP contribution in [0.5, 0.6) is 11.5 Å². The highest BCUT2D eigenvalue weighted by atomic mass is 16.7. The van der Waals surface area contributed by atoms with Crippen LogP contribution in [-0.2, 0) is 9.53 Å². The van der Waals surface area contributed by atoms with E-state index in [9.17, 15) is 14.9 Å². The highest BCUT2D eigenvalue weighted by Gasteiger charge is 2.36. The smallest absolute Gasteiger partial charge is 0.278 e. The first-order valence-electron chi connectivity index (χ1n) is 10.2. The molecular formula is C22H25N3O6. The predicted octanol–water partition coefficient (Wildman–Crippen LogP) is 3.46. The molecule has 2 aliphatic rings. The summed E-state index contributed by atoms with van der Waals surface area (Å²) in [7, 11) is 0. The second-order valence-corrected chi connectivity index (χ2v) is 7.84. The van der Waals surface area contributed by atoms with E-state index in [-0.39, 0.29) is 24.0 Å². The quantitative estimate of drug-likeness (QED) is 0.556. The third kappa shape index (κ3) is 4.47. The molecular weight excluding hydrogens is 402 g/mol. The summed E-state index contributed by atoms with van der Waals surface area (Å²) in [4.78, 5) is 26.6. The van der Waals surface area contributed by atoms with Gasteiger partial charge in [0, 0.05) is 18.8 Å². The van der Waals surface area contributed by atoms with E-state index >= 15 is 0 Å². The van der Waals surface area contributed by atoms with Gasteiger partial charge >= 0.3 is 0 Å². The van der Waals surface area contributed by atoms with E-state index in [2.05, 4.69) is 19.2 Å². The van der Waals surface area contributed by atoms with Crippen molar-refractivity contribution in [2.24, 2.45) is 0 Å². The average Bonchev–Trinajstić information content (AvgIpc) is 3.22. The summed E-state index contributed by atoms with van der Waals surface area (Å²) in [6.07, 6.45) is 0. The topological polar surface area (TPSA) is 103 Å². The molecule has 0 saturated carbocycles. The van der Waals surface area contributed by atoms with Crippen molar-refractivity contribution >= 4 is 17.3 Å². The number of anilines is 1. The number of benzene rings is 2. The molecule has 4 rings (SSSR count). The molecule has 1 atom stereocenters. The van der Waals surface area contributed by atoms with E-state index in [1.165, 1.54) is 6.07 Å². The van der Waals surface area contributed by atoms with Gasteiger partial charge < -0.3 is 19.5 Å². The van der Waals surface area contributed by atoms with Gasteiger partial charge in [-0.2, -0.15) is 0 Å². The zero-order valence-electron chi connectivity index (χ0n) is 17.5. The van der Waals surface area contributed by atoms with Crippen molar-refractivity contribution in [3.63, 3.8) is 0 Å². The first-order valence-corrected chi connectivity index (χ1v) is 10.2. The molecule has 1 saturated heterocycles. The molecule has 0 spiro atoms. The van der Waals surface area contributed by atoms with E-state index in [0.717, 1.165) is 5.56 Å². The number of hydrogen-bond acceptors (Lipinski definition) is 7. The second kappa shape index (κ2) is 8.91. The molecule has 0 bridgehead atoms. The van der Waals surface area contributed by atoms with Gasteiger partial charge in [-0.15, -0.1) is 0 Å². The summed E-state index contributed by atoms with van der Waals surface area (Å²) in [5, 5.41) is 14.7. The number of nitro benzene ring substituents is 1. The van der Waals surface area contributed by atoms with E-state index in [1.807, 2.05) is 29.2 Å².